The molecule has 0 atom stereocenters. The van der Waals surface area contributed by atoms with Gasteiger partial charge in [-0.25, -0.2) is 0 Å². The van der Waals surface area contributed by atoms with E-state index in [2.05, 4.69) is 4.99 Å². The van der Waals surface area contributed by atoms with Crippen molar-refractivity contribution in [1.82, 2.24) is 0 Å². The van der Waals surface area contributed by atoms with Gasteiger partial charge in [-0.05, 0) is 38.0 Å². The van der Waals surface area contributed by atoms with Gasteiger partial charge in [0.25, 0.3) is 0 Å². The van der Waals surface area contributed by atoms with Crippen LogP contribution in [0.4, 0.5) is 0 Å². The molecule has 2 rings (SSSR count). The summed E-state index contributed by atoms with van der Waals surface area (Å²) in [5.41, 5.74) is 0.739. The van der Waals surface area contributed by atoms with Gasteiger partial charge in [0.05, 0.1) is 6.61 Å². The third-order valence-corrected chi connectivity index (χ3v) is 3.06. The summed E-state index contributed by atoms with van der Waals surface area (Å²) in [4.78, 5) is 4.51. The summed E-state index contributed by atoms with van der Waals surface area (Å²) in [7, 11) is 0. The van der Waals surface area contributed by atoms with Gasteiger partial charge in [-0.1, -0.05) is 12.8 Å². The molecule has 1 aliphatic rings. The maximum Gasteiger partial charge on any atom is 0.124 e. The Morgan fingerprint density at radius 2 is 2.18 bits per heavy atom. The van der Waals surface area contributed by atoms with Crippen molar-refractivity contribution in [3.8, 4) is 11.5 Å². The number of rotatable bonds is 4. The van der Waals surface area contributed by atoms with Crippen LogP contribution in [0.15, 0.2) is 23.2 Å². The fraction of sp³-hybridized carbons (Fsp3) is 0.500. The Morgan fingerprint density at radius 1 is 1.41 bits per heavy atom. The van der Waals surface area contributed by atoms with Crippen molar-refractivity contribution in [3.63, 3.8) is 0 Å². The van der Waals surface area contributed by atoms with Gasteiger partial charge in [0.2, 0.25) is 0 Å². The van der Waals surface area contributed by atoms with Crippen LogP contribution in [0.1, 0.15) is 38.2 Å². The zero-order valence-electron chi connectivity index (χ0n) is 10.2. The van der Waals surface area contributed by atoms with Crippen LogP contribution < -0.4 is 4.74 Å². The molecule has 0 aromatic heterocycles. The van der Waals surface area contributed by atoms with Crippen molar-refractivity contribution in [3.05, 3.63) is 23.8 Å². The fourth-order valence-electron chi connectivity index (χ4n) is 2.13. The lowest BCUT2D eigenvalue weighted by Crippen LogP contribution is -1.97. The Bertz CT molecular complexity index is 395. The molecule has 1 aliphatic carbocycles. The number of ether oxygens (including phenoxy) is 1. The summed E-state index contributed by atoms with van der Waals surface area (Å²) in [6, 6.07) is 5.69. The standard InChI is InChI=1S/C14H19NO2/c1-2-17-13-7-8-14(16)11(9-13)10-15-12-5-3-4-6-12/h7-10,12,16H,2-6H2,1H3. The van der Waals surface area contributed by atoms with Crippen LogP contribution in [0, 0.1) is 0 Å². The highest BCUT2D eigenvalue weighted by Crippen LogP contribution is 2.24. The number of hydrogen-bond donors (Lipinski definition) is 1. The minimum absolute atomic E-state index is 0.259. The highest BCUT2D eigenvalue weighted by Gasteiger charge is 2.12. The zero-order chi connectivity index (χ0) is 12.1. The van der Waals surface area contributed by atoms with Crippen LogP contribution in [0.25, 0.3) is 0 Å². The molecular formula is C14H19NO2. The summed E-state index contributed by atoms with van der Waals surface area (Å²) < 4.78 is 5.40. The summed E-state index contributed by atoms with van der Waals surface area (Å²) in [6.45, 7) is 2.57. The Morgan fingerprint density at radius 3 is 2.88 bits per heavy atom. The third kappa shape index (κ3) is 3.22. The Balaban J connectivity index is 2.10. The molecule has 92 valence electrons. The smallest absolute Gasteiger partial charge is 0.124 e. The van der Waals surface area contributed by atoms with Crippen molar-refractivity contribution in [1.29, 1.82) is 0 Å². The maximum atomic E-state index is 9.73. The summed E-state index contributed by atoms with van der Waals surface area (Å²) in [5, 5.41) is 9.73. The SMILES string of the molecule is CCOc1ccc(O)c(C=NC2CCCC2)c1. The third-order valence-electron chi connectivity index (χ3n) is 3.06. The lowest BCUT2D eigenvalue weighted by molar-refractivity contribution is 0.339. The lowest BCUT2D eigenvalue weighted by atomic mass is 10.2. The van der Waals surface area contributed by atoms with Gasteiger partial charge in [0.15, 0.2) is 0 Å². The molecule has 0 radical (unpaired) electrons. The van der Waals surface area contributed by atoms with E-state index in [0.29, 0.717) is 12.6 Å². The minimum atomic E-state index is 0.259. The average molecular weight is 233 g/mol. The van der Waals surface area contributed by atoms with Crippen LogP contribution >= 0.6 is 0 Å². The quantitative estimate of drug-likeness (QED) is 0.812. The van der Waals surface area contributed by atoms with Crippen LogP contribution in [0.3, 0.4) is 0 Å². The van der Waals surface area contributed by atoms with Crippen LogP contribution in [-0.2, 0) is 0 Å². The molecule has 0 spiro atoms. The first kappa shape index (κ1) is 12.0. The van der Waals surface area contributed by atoms with Crippen molar-refractivity contribution in [2.75, 3.05) is 6.61 Å². The molecule has 3 nitrogen and oxygen atoms in total. The molecule has 0 saturated heterocycles. The van der Waals surface area contributed by atoms with Crippen molar-refractivity contribution < 1.29 is 9.84 Å². The van der Waals surface area contributed by atoms with E-state index in [9.17, 15) is 5.11 Å². The number of aromatic hydroxyl groups is 1. The first-order valence-corrected chi connectivity index (χ1v) is 6.28. The van der Waals surface area contributed by atoms with E-state index in [4.69, 9.17) is 4.74 Å². The van der Waals surface area contributed by atoms with E-state index in [1.165, 1.54) is 25.7 Å². The van der Waals surface area contributed by atoms with Gasteiger partial charge in [-0.3, -0.25) is 4.99 Å². The minimum Gasteiger partial charge on any atom is -0.507 e. The predicted molar refractivity (Wildman–Crippen MR) is 69.1 cm³/mol. The number of phenols is 1. The van der Waals surface area contributed by atoms with Crippen molar-refractivity contribution in [2.24, 2.45) is 4.99 Å². The fourth-order valence-corrected chi connectivity index (χ4v) is 2.13. The van der Waals surface area contributed by atoms with E-state index in [1.807, 2.05) is 13.0 Å². The van der Waals surface area contributed by atoms with Crippen molar-refractivity contribution >= 4 is 6.21 Å². The molecule has 1 aromatic rings. The highest BCUT2D eigenvalue weighted by molar-refractivity contribution is 5.84. The number of nitrogens with zero attached hydrogens (tertiary/aromatic N) is 1. The number of aliphatic imine (C=N–C) groups is 1. The van der Waals surface area contributed by atoms with E-state index in [0.717, 1.165) is 11.3 Å². The topological polar surface area (TPSA) is 41.8 Å². The van der Waals surface area contributed by atoms with E-state index in [-0.39, 0.29) is 5.75 Å². The highest BCUT2D eigenvalue weighted by atomic mass is 16.5. The van der Waals surface area contributed by atoms with E-state index >= 15 is 0 Å². The molecule has 1 fully saturated rings. The van der Waals surface area contributed by atoms with Gasteiger partial charge >= 0.3 is 0 Å². The van der Waals surface area contributed by atoms with Gasteiger partial charge in [-0.2, -0.15) is 0 Å². The van der Waals surface area contributed by atoms with E-state index in [1.54, 1.807) is 18.3 Å². The Kier molecular flexibility index (Phi) is 4.02. The van der Waals surface area contributed by atoms with Crippen LogP contribution in [0.2, 0.25) is 0 Å². The molecule has 3 heteroatoms. The molecule has 1 N–H and O–H groups in total. The van der Waals surface area contributed by atoms with Crippen LogP contribution in [0.5, 0.6) is 11.5 Å². The normalized spacial score (nSPS) is 16.8. The van der Waals surface area contributed by atoms with Gasteiger partial charge in [0.1, 0.15) is 11.5 Å². The molecule has 0 heterocycles. The van der Waals surface area contributed by atoms with Crippen LogP contribution in [-0.4, -0.2) is 24.0 Å². The molecule has 1 aromatic carbocycles. The molecule has 0 aliphatic heterocycles. The second-order valence-electron chi connectivity index (χ2n) is 4.37. The number of hydrogen-bond acceptors (Lipinski definition) is 3. The zero-order valence-corrected chi connectivity index (χ0v) is 10.2. The summed E-state index contributed by atoms with van der Waals surface area (Å²) >= 11 is 0. The second-order valence-corrected chi connectivity index (χ2v) is 4.37. The van der Waals surface area contributed by atoms with E-state index < -0.39 is 0 Å². The summed E-state index contributed by atoms with van der Waals surface area (Å²) in [6.07, 6.45) is 6.65. The first-order chi connectivity index (χ1) is 8.29. The van der Waals surface area contributed by atoms with Gasteiger partial charge < -0.3 is 9.84 Å². The Labute approximate surface area is 102 Å². The van der Waals surface area contributed by atoms with Gasteiger partial charge in [-0.15, -0.1) is 0 Å². The van der Waals surface area contributed by atoms with Crippen molar-refractivity contribution in [2.45, 2.75) is 38.6 Å². The molecule has 1 saturated carbocycles. The first-order valence-electron chi connectivity index (χ1n) is 6.28. The van der Waals surface area contributed by atoms with Gasteiger partial charge in [0, 0.05) is 17.8 Å². The summed E-state index contributed by atoms with van der Waals surface area (Å²) in [5.74, 6) is 1.04. The second kappa shape index (κ2) is 5.71. The maximum absolute atomic E-state index is 9.73. The lowest BCUT2D eigenvalue weighted by Gasteiger charge is -2.06. The molecule has 0 amide bonds. The monoisotopic (exact) mass is 233 g/mol. The number of phenolic OH excluding ortho intramolecular Hbond substituents is 1. The number of benzene rings is 1. The molecule has 0 bridgehead atoms. The largest absolute Gasteiger partial charge is 0.507 e. The molecule has 0 unspecified atom stereocenters. The average Bonchev–Trinajstić information content (AvgIpc) is 2.83. The molecular weight excluding hydrogens is 214 g/mol. The Hall–Kier alpha value is -1.51. The molecule has 17 heavy (non-hydrogen) atoms. The predicted octanol–water partition coefficient (Wildman–Crippen LogP) is 3.15.